The van der Waals surface area contributed by atoms with E-state index in [9.17, 15) is 9.59 Å². The van der Waals surface area contributed by atoms with Crippen LogP contribution in [0.5, 0.6) is 0 Å². The van der Waals surface area contributed by atoms with Crippen LogP contribution in [0.3, 0.4) is 0 Å². The second kappa shape index (κ2) is 4.52. The van der Waals surface area contributed by atoms with Crippen LogP contribution in [0.15, 0.2) is 9.98 Å². The normalized spacial score (nSPS) is 12.1. The number of halogens is 1. The third-order valence-corrected chi connectivity index (χ3v) is 2.86. The molecule has 14 heavy (non-hydrogen) atoms. The van der Waals surface area contributed by atoms with Crippen LogP contribution in [-0.2, 0) is 9.59 Å². The van der Waals surface area contributed by atoms with Crippen LogP contribution in [0.25, 0.3) is 0 Å². The van der Waals surface area contributed by atoms with Crippen LogP contribution < -0.4 is 5.32 Å². The first-order valence-corrected chi connectivity index (χ1v) is 5.26. The quantitative estimate of drug-likeness (QED) is 0.823. The van der Waals surface area contributed by atoms with Crippen molar-refractivity contribution in [2.24, 2.45) is 5.92 Å². The molecule has 76 valence electrons. The highest BCUT2D eigenvalue weighted by Crippen LogP contribution is 2.23. The Morgan fingerprint density at radius 2 is 2.36 bits per heavy atom. The van der Waals surface area contributed by atoms with Crippen molar-refractivity contribution in [1.29, 1.82) is 0 Å². The number of thiazole rings is 1. The van der Waals surface area contributed by atoms with Gasteiger partial charge >= 0.3 is 5.97 Å². The topological polar surface area (TPSA) is 79.3 Å². The number of nitrogens with zero attached hydrogens (tertiary/aromatic N) is 1. The predicted octanol–water partition coefficient (Wildman–Crippen LogP) is 1.56. The van der Waals surface area contributed by atoms with Crippen molar-refractivity contribution in [3.05, 3.63) is 9.98 Å². The van der Waals surface area contributed by atoms with Crippen LogP contribution in [0.1, 0.15) is 6.92 Å². The number of aromatic nitrogens is 1. The highest BCUT2D eigenvalue weighted by Gasteiger charge is 2.21. The average molecular weight is 279 g/mol. The molecular weight excluding hydrogens is 272 g/mol. The molecule has 1 aromatic heterocycles. The minimum absolute atomic E-state index is 0.384. The molecule has 0 saturated heterocycles. The molecule has 1 unspecified atom stereocenters. The third-order valence-electron chi connectivity index (χ3n) is 1.47. The number of hydrogen-bond donors (Lipinski definition) is 2. The Kier molecular flexibility index (Phi) is 3.59. The van der Waals surface area contributed by atoms with E-state index in [1.54, 1.807) is 0 Å². The summed E-state index contributed by atoms with van der Waals surface area (Å²) in [5.41, 5.74) is 0. The molecule has 1 heterocycles. The summed E-state index contributed by atoms with van der Waals surface area (Å²) in [7, 11) is 0. The van der Waals surface area contributed by atoms with Gasteiger partial charge in [-0.15, -0.1) is 0 Å². The van der Waals surface area contributed by atoms with Crippen molar-refractivity contribution >= 4 is 44.3 Å². The molecule has 0 aromatic carbocycles. The number of carboxylic acids is 1. The number of nitrogens with one attached hydrogen (secondary N) is 1. The van der Waals surface area contributed by atoms with E-state index in [0.717, 1.165) is 3.79 Å². The largest absolute Gasteiger partial charge is 0.481 e. The van der Waals surface area contributed by atoms with Gasteiger partial charge in [0.2, 0.25) is 5.91 Å². The van der Waals surface area contributed by atoms with Crippen molar-refractivity contribution in [2.45, 2.75) is 6.92 Å². The maximum absolute atomic E-state index is 11.2. The van der Waals surface area contributed by atoms with Gasteiger partial charge in [0, 0.05) is 0 Å². The summed E-state index contributed by atoms with van der Waals surface area (Å²) in [6, 6.07) is 0. The first-order chi connectivity index (χ1) is 6.50. The molecule has 1 aromatic rings. The van der Waals surface area contributed by atoms with Gasteiger partial charge in [-0.1, -0.05) is 11.3 Å². The zero-order valence-electron chi connectivity index (χ0n) is 7.15. The molecule has 7 heteroatoms. The van der Waals surface area contributed by atoms with Gasteiger partial charge in [-0.05, 0) is 22.9 Å². The smallest absolute Gasteiger partial charge is 0.315 e. The maximum Gasteiger partial charge on any atom is 0.315 e. The fourth-order valence-electron chi connectivity index (χ4n) is 0.638. The molecule has 2 N–H and O–H groups in total. The van der Waals surface area contributed by atoms with E-state index in [0.29, 0.717) is 5.13 Å². The second-order valence-electron chi connectivity index (χ2n) is 2.52. The highest BCUT2D eigenvalue weighted by molar-refractivity contribution is 9.11. The van der Waals surface area contributed by atoms with Crippen molar-refractivity contribution in [2.75, 3.05) is 5.32 Å². The SMILES string of the molecule is CC(C(=O)O)C(=O)Nc1ncc(Br)s1. The van der Waals surface area contributed by atoms with Gasteiger partial charge in [0.25, 0.3) is 0 Å². The van der Waals surface area contributed by atoms with Crippen molar-refractivity contribution in [3.63, 3.8) is 0 Å². The predicted molar refractivity (Wildman–Crippen MR) is 55.2 cm³/mol. The van der Waals surface area contributed by atoms with Crippen molar-refractivity contribution < 1.29 is 14.7 Å². The van der Waals surface area contributed by atoms with E-state index in [1.165, 1.54) is 24.5 Å². The first kappa shape index (κ1) is 11.1. The monoisotopic (exact) mass is 278 g/mol. The number of rotatable bonds is 3. The fraction of sp³-hybridized carbons (Fsp3) is 0.286. The molecule has 1 rings (SSSR count). The first-order valence-electron chi connectivity index (χ1n) is 3.65. The molecule has 0 spiro atoms. The molecule has 0 aliphatic rings. The number of carboxylic acid groups (broad SMARTS) is 1. The number of carbonyl (C=O) groups excluding carboxylic acids is 1. The molecule has 0 aliphatic carbocycles. The van der Waals surface area contributed by atoms with Gasteiger partial charge < -0.3 is 10.4 Å². The Balaban J connectivity index is 2.61. The molecular formula is C7H7BrN2O3S. The maximum atomic E-state index is 11.2. The summed E-state index contributed by atoms with van der Waals surface area (Å²) in [6.45, 7) is 1.32. The van der Waals surface area contributed by atoms with E-state index >= 15 is 0 Å². The Hall–Kier alpha value is -0.950. The summed E-state index contributed by atoms with van der Waals surface area (Å²) in [5, 5.41) is 11.3. The minimum Gasteiger partial charge on any atom is -0.481 e. The summed E-state index contributed by atoms with van der Waals surface area (Å²) in [4.78, 5) is 25.5. The molecule has 5 nitrogen and oxygen atoms in total. The average Bonchev–Trinajstić information content (AvgIpc) is 2.49. The standard InChI is InChI=1S/C7H7BrN2O3S/c1-3(6(12)13)5(11)10-7-9-2-4(8)14-7/h2-3H,1H3,(H,12,13)(H,9,10,11). The van der Waals surface area contributed by atoms with Crippen LogP contribution in [-0.4, -0.2) is 22.0 Å². The van der Waals surface area contributed by atoms with E-state index < -0.39 is 17.8 Å². The lowest BCUT2D eigenvalue weighted by Crippen LogP contribution is -2.26. The molecule has 1 atom stereocenters. The van der Waals surface area contributed by atoms with Gasteiger partial charge in [-0.3, -0.25) is 9.59 Å². The van der Waals surface area contributed by atoms with Crippen LogP contribution in [0.2, 0.25) is 0 Å². The number of hydrogen-bond acceptors (Lipinski definition) is 4. The summed E-state index contributed by atoms with van der Waals surface area (Å²) >= 11 is 4.40. The Bertz CT molecular complexity index is 366. The van der Waals surface area contributed by atoms with Crippen LogP contribution in [0.4, 0.5) is 5.13 Å². The highest BCUT2D eigenvalue weighted by atomic mass is 79.9. The third kappa shape index (κ3) is 2.78. The van der Waals surface area contributed by atoms with Crippen molar-refractivity contribution in [3.8, 4) is 0 Å². The lowest BCUT2D eigenvalue weighted by Gasteiger charge is -2.04. The van der Waals surface area contributed by atoms with Crippen LogP contribution in [0, 0.1) is 5.92 Å². The summed E-state index contributed by atoms with van der Waals surface area (Å²) < 4.78 is 0.774. The van der Waals surface area contributed by atoms with E-state index in [1.807, 2.05) is 0 Å². The number of amides is 1. The Morgan fingerprint density at radius 1 is 1.71 bits per heavy atom. The van der Waals surface area contributed by atoms with Gasteiger partial charge in [-0.2, -0.15) is 0 Å². The zero-order valence-corrected chi connectivity index (χ0v) is 9.55. The van der Waals surface area contributed by atoms with Gasteiger partial charge in [0.15, 0.2) is 5.13 Å². The summed E-state index contributed by atoms with van der Waals surface area (Å²) in [5.74, 6) is -2.80. The second-order valence-corrected chi connectivity index (χ2v) is 4.93. The number of aliphatic carboxylic acids is 1. The van der Waals surface area contributed by atoms with Crippen molar-refractivity contribution in [1.82, 2.24) is 4.98 Å². The van der Waals surface area contributed by atoms with E-state index in [2.05, 4.69) is 26.2 Å². The lowest BCUT2D eigenvalue weighted by atomic mass is 10.2. The number of carbonyl (C=O) groups is 2. The van der Waals surface area contributed by atoms with E-state index in [-0.39, 0.29) is 0 Å². The molecule has 0 fully saturated rings. The fourth-order valence-corrected chi connectivity index (χ4v) is 1.75. The molecule has 0 aliphatic heterocycles. The molecule has 0 bridgehead atoms. The van der Waals surface area contributed by atoms with Gasteiger partial charge in [-0.25, -0.2) is 4.98 Å². The minimum atomic E-state index is -1.15. The van der Waals surface area contributed by atoms with Gasteiger partial charge in [0.1, 0.15) is 5.92 Å². The van der Waals surface area contributed by atoms with Gasteiger partial charge in [0.05, 0.1) is 9.98 Å². The Morgan fingerprint density at radius 3 is 2.79 bits per heavy atom. The zero-order chi connectivity index (χ0) is 10.7. The molecule has 0 radical (unpaired) electrons. The number of anilines is 1. The summed E-state index contributed by atoms with van der Waals surface area (Å²) in [6.07, 6.45) is 1.53. The van der Waals surface area contributed by atoms with E-state index in [4.69, 9.17) is 5.11 Å². The van der Waals surface area contributed by atoms with Crippen LogP contribution >= 0.6 is 27.3 Å². The molecule has 0 saturated carbocycles. The Labute approximate surface area is 92.3 Å². The lowest BCUT2D eigenvalue weighted by molar-refractivity contribution is -0.144. The molecule has 1 amide bonds.